The van der Waals surface area contributed by atoms with Crippen LogP contribution in [0.2, 0.25) is 0 Å². The van der Waals surface area contributed by atoms with Gasteiger partial charge in [-0.25, -0.2) is 0 Å². The smallest absolute Gasteiger partial charge is 0.284 e. The maximum atomic E-state index is 11.6. The average Bonchev–Trinajstić information content (AvgIpc) is 3.18. The number of hydrogen-bond donors (Lipinski definition) is 1. The van der Waals surface area contributed by atoms with E-state index in [1.165, 1.54) is 23.1 Å². The summed E-state index contributed by atoms with van der Waals surface area (Å²) in [7, 11) is 0. The van der Waals surface area contributed by atoms with Crippen LogP contribution in [0.5, 0.6) is 0 Å². The first-order valence-corrected chi connectivity index (χ1v) is 7.24. The summed E-state index contributed by atoms with van der Waals surface area (Å²) in [6.45, 7) is 0. The Morgan fingerprint density at radius 1 is 1.40 bits per heavy atom. The Bertz CT molecular complexity index is 680. The van der Waals surface area contributed by atoms with Gasteiger partial charge in [-0.2, -0.15) is 0 Å². The van der Waals surface area contributed by atoms with Gasteiger partial charge in [-0.3, -0.25) is 10.1 Å². The summed E-state index contributed by atoms with van der Waals surface area (Å²) < 4.78 is 10.5. The van der Waals surface area contributed by atoms with E-state index in [1.54, 1.807) is 12.1 Å². The van der Waals surface area contributed by atoms with E-state index >= 15 is 0 Å². The van der Waals surface area contributed by atoms with Crippen molar-refractivity contribution in [3.63, 3.8) is 0 Å². The zero-order chi connectivity index (χ0) is 13.8. The van der Waals surface area contributed by atoms with E-state index in [0.29, 0.717) is 16.1 Å². The SMILES string of the molecule is O=C(CSc1nnc(-c2ccco2)o1)Nc1nncs1. The molecule has 0 aliphatic rings. The highest BCUT2D eigenvalue weighted by Gasteiger charge is 2.13. The number of hydrogen-bond acceptors (Lipinski definition) is 9. The van der Waals surface area contributed by atoms with Gasteiger partial charge >= 0.3 is 0 Å². The van der Waals surface area contributed by atoms with Crippen molar-refractivity contribution < 1.29 is 13.6 Å². The Morgan fingerprint density at radius 3 is 3.10 bits per heavy atom. The van der Waals surface area contributed by atoms with Gasteiger partial charge < -0.3 is 8.83 Å². The summed E-state index contributed by atoms with van der Waals surface area (Å²) in [6, 6.07) is 3.44. The highest BCUT2D eigenvalue weighted by molar-refractivity contribution is 7.99. The van der Waals surface area contributed by atoms with Gasteiger partial charge in [-0.1, -0.05) is 23.1 Å². The van der Waals surface area contributed by atoms with Gasteiger partial charge in [0.15, 0.2) is 5.76 Å². The molecule has 0 saturated carbocycles. The van der Waals surface area contributed by atoms with Crippen molar-refractivity contribution in [3.05, 3.63) is 23.9 Å². The molecule has 0 atom stereocenters. The molecule has 1 amide bonds. The van der Waals surface area contributed by atoms with E-state index < -0.39 is 0 Å². The standard InChI is InChI=1S/C10H7N5O3S2/c16-7(12-9-14-11-5-20-9)4-19-10-15-13-8(18-10)6-2-1-3-17-6/h1-3,5H,4H2,(H,12,14,16). The van der Waals surface area contributed by atoms with Gasteiger partial charge in [0.25, 0.3) is 11.1 Å². The second kappa shape index (κ2) is 5.84. The minimum Gasteiger partial charge on any atom is -0.459 e. The summed E-state index contributed by atoms with van der Waals surface area (Å²) in [5.41, 5.74) is 1.54. The molecular formula is C10H7N5O3S2. The molecule has 0 aliphatic carbocycles. The predicted molar refractivity (Wildman–Crippen MR) is 71.3 cm³/mol. The minimum absolute atomic E-state index is 0.138. The van der Waals surface area contributed by atoms with Gasteiger partial charge in [0, 0.05) is 0 Å². The van der Waals surface area contributed by atoms with Gasteiger partial charge in [0.05, 0.1) is 12.0 Å². The molecule has 20 heavy (non-hydrogen) atoms. The summed E-state index contributed by atoms with van der Waals surface area (Å²) in [4.78, 5) is 11.6. The second-order valence-corrected chi connectivity index (χ2v) is 5.19. The number of carbonyl (C=O) groups excluding carboxylic acids is 1. The summed E-state index contributed by atoms with van der Waals surface area (Å²) in [5.74, 6) is 0.688. The number of carbonyl (C=O) groups is 1. The van der Waals surface area contributed by atoms with Crippen LogP contribution in [-0.2, 0) is 4.79 Å². The van der Waals surface area contributed by atoms with Crippen LogP contribution in [-0.4, -0.2) is 32.1 Å². The third-order valence-corrected chi connectivity index (χ3v) is 3.50. The number of nitrogens with zero attached hydrogens (tertiary/aromatic N) is 4. The Labute approximate surface area is 120 Å². The van der Waals surface area contributed by atoms with Crippen molar-refractivity contribution in [3.8, 4) is 11.7 Å². The number of thioether (sulfide) groups is 1. The fourth-order valence-electron chi connectivity index (χ4n) is 1.28. The largest absolute Gasteiger partial charge is 0.459 e. The molecule has 10 heteroatoms. The van der Waals surface area contributed by atoms with Crippen LogP contribution in [0.15, 0.2) is 38.0 Å². The summed E-state index contributed by atoms with van der Waals surface area (Å²) >= 11 is 2.38. The molecule has 0 radical (unpaired) electrons. The van der Waals surface area contributed by atoms with Gasteiger partial charge in [0.1, 0.15) is 5.51 Å². The second-order valence-electron chi connectivity index (χ2n) is 3.43. The fourth-order valence-corrected chi connectivity index (χ4v) is 2.30. The first-order chi connectivity index (χ1) is 9.81. The normalized spacial score (nSPS) is 10.6. The maximum Gasteiger partial charge on any atom is 0.284 e. The fraction of sp³-hybridized carbons (Fsp3) is 0.100. The maximum absolute atomic E-state index is 11.6. The van der Waals surface area contributed by atoms with Crippen molar-refractivity contribution in [1.82, 2.24) is 20.4 Å². The number of nitrogens with one attached hydrogen (secondary N) is 1. The number of anilines is 1. The monoisotopic (exact) mass is 309 g/mol. The van der Waals surface area contributed by atoms with Crippen molar-refractivity contribution in [1.29, 1.82) is 0 Å². The van der Waals surface area contributed by atoms with Crippen molar-refractivity contribution in [2.75, 3.05) is 11.1 Å². The first-order valence-electron chi connectivity index (χ1n) is 5.37. The lowest BCUT2D eigenvalue weighted by molar-refractivity contribution is -0.113. The molecule has 102 valence electrons. The quantitative estimate of drug-likeness (QED) is 0.712. The van der Waals surface area contributed by atoms with Crippen LogP contribution in [0, 0.1) is 0 Å². The number of amides is 1. The van der Waals surface area contributed by atoms with Crippen LogP contribution in [0.25, 0.3) is 11.7 Å². The first kappa shape index (κ1) is 12.8. The molecule has 1 N–H and O–H groups in total. The third kappa shape index (κ3) is 3.03. The predicted octanol–water partition coefficient (Wildman–Crippen LogP) is 1.91. The van der Waals surface area contributed by atoms with E-state index in [1.807, 2.05) is 0 Å². The van der Waals surface area contributed by atoms with E-state index in [2.05, 4.69) is 25.7 Å². The van der Waals surface area contributed by atoms with E-state index in [9.17, 15) is 4.79 Å². The van der Waals surface area contributed by atoms with E-state index in [4.69, 9.17) is 8.83 Å². The minimum atomic E-state index is -0.218. The van der Waals surface area contributed by atoms with Crippen molar-refractivity contribution in [2.45, 2.75) is 5.22 Å². The van der Waals surface area contributed by atoms with Crippen molar-refractivity contribution in [2.24, 2.45) is 0 Å². The Kier molecular flexibility index (Phi) is 3.74. The van der Waals surface area contributed by atoms with Crippen LogP contribution in [0.4, 0.5) is 5.13 Å². The van der Waals surface area contributed by atoms with Gasteiger partial charge in [0.2, 0.25) is 11.0 Å². The molecule has 3 rings (SSSR count). The Morgan fingerprint density at radius 2 is 2.35 bits per heavy atom. The molecule has 3 heterocycles. The highest BCUT2D eigenvalue weighted by Crippen LogP contribution is 2.23. The topological polar surface area (TPSA) is 107 Å². The van der Waals surface area contributed by atoms with E-state index in [0.717, 1.165) is 11.8 Å². The lowest BCUT2D eigenvalue weighted by Crippen LogP contribution is -2.13. The number of aromatic nitrogens is 4. The Balaban J connectivity index is 1.55. The lowest BCUT2D eigenvalue weighted by atomic mass is 10.5. The lowest BCUT2D eigenvalue weighted by Gasteiger charge is -1.97. The zero-order valence-corrected chi connectivity index (χ0v) is 11.5. The molecular weight excluding hydrogens is 302 g/mol. The summed E-state index contributed by atoms with van der Waals surface area (Å²) in [6.07, 6.45) is 1.52. The molecule has 0 fully saturated rings. The van der Waals surface area contributed by atoms with Gasteiger partial charge in [-0.15, -0.1) is 20.4 Å². The molecule has 0 unspecified atom stereocenters. The zero-order valence-electron chi connectivity index (χ0n) is 9.85. The molecule has 8 nitrogen and oxygen atoms in total. The highest BCUT2D eigenvalue weighted by atomic mass is 32.2. The van der Waals surface area contributed by atoms with Crippen LogP contribution in [0.1, 0.15) is 0 Å². The number of rotatable bonds is 5. The molecule has 0 saturated heterocycles. The third-order valence-electron chi connectivity index (χ3n) is 2.07. The molecule has 3 aromatic heterocycles. The van der Waals surface area contributed by atoms with Gasteiger partial charge in [-0.05, 0) is 12.1 Å². The van der Waals surface area contributed by atoms with Crippen molar-refractivity contribution >= 4 is 34.1 Å². The van der Waals surface area contributed by atoms with Crippen LogP contribution >= 0.6 is 23.1 Å². The Hall–Kier alpha value is -2.20. The molecule has 0 aromatic carbocycles. The number of furan rings is 1. The van der Waals surface area contributed by atoms with Crippen LogP contribution < -0.4 is 5.32 Å². The summed E-state index contributed by atoms with van der Waals surface area (Å²) in [5, 5.41) is 18.3. The molecule has 0 spiro atoms. The van der Waals surface area contributed by atoms with Crippen LogP contribution in [0.3, 0.4) is 0 Å². The van der Waals surface area contributed by atoms with E-state index in [-0.39, 0.29) is 17.6 Å². The average molecular weight is 309 g/mol. The molecule has 0 aliphatic heterocycles. The molecule has 0 bridgehead atoms. The molecule has 3 aromatic rings.